The number of pyridine rings is 1. The first-order valence-corrected chi connectivity index (χ1v) is 6.22. The summed E-state index contributed by atoms with van der Waals surface area (Å²) >= 11 is 0. The molecule has 1 N–H and O–H groups in total. The van der Waals surface area contributed by atoms with Crippen LogP contribution in [-0.4, -0.2) is 12.1 Å². The number of nitrogens with one attached hydrogen (secondary N) is 1. The standard InChI is InChI=1S/C16H15NO2/c1-9-10(2)15-12(8-14(9)19-3)16(18)11-6-4-5-7-13(11)17-15/h4-8H,1-3H3,(H,17,18). The molecular weight excluding hydrogens is 238 g/mol. The highest BCUT2D eigenvalue weighted by molar-refractivity contribution is 5.95. The number of benzene rings is 2. The lowest BCUT2D eigenvalue weighted by Crippen LogP contribution is -2.06. The molecule has 3 heteroatoms. The van der Waals surface area contributed by atoms with Gasteiger partial charge < -0.3 is 9.72 Å². The van der Waals surface area contributed by atoms with Crippen molar-refractivity contribution in [1.82, 2.24) is 4.98 Å². The zero-order valence-corrected chi connectivity index (χ0v) is 11.2. The van der Waals surface area contributed by atoms with Crippen LogP contribution in [0.1, 0.15) is 11.1 Å². The van der Waals surface area contributed by atoms with Gasteiger partial charge in [-0.3, -0.25) is 4.79 Å². The summed E-state index contributed by atoms with van der Waals surface area (Å²) < 4.78 is 5.35. The maximum atomic E-state index is 12.5. The van der Waals surface area contributed by atoms with Crippen molar-refractivity contribution in [3.63, 3.8) is 0 Å². The van der Waals surface area contributed by atoms with Gasteiger partial charge in [0.05, 0.1) is 18.0 Å². The lowest BCUT2D eigenvalue weighted by molar-refractivity contribution is 0.412. The van der Waals surface area contributed by atoms with Crippen molar-refractivity contribution >= 4 is 21.8 Å². The summed E-state index contributed by atoms with van der Waals surface area (Å²) in [5.74, 6) is 0.755. The molecule has 0 saturated heterocycles. The van der Waals surface area contributed by atoms with Crippen LogP contribution in [0.4, 0.5) is 0 Å². The number of methoxy groups -OCH3 is 1. The Labute approximate surface area is 110 Å². The number of ether oxygens (including phenoxy) is 1. The van der Waals surface area contributed by atoms with E-state index < -0.39 is 0 Å². The third-order valence-electron chi connectivity index (χ3n) is 3.75. The van der Waals surface area contributed by atoms with Crippen molar-refractivity contribution in [3.8, 4) is 5.75 Å². The first-order valence-electron chi connectivity index (χ1n) is 6.22. The molecule has 0 bridgehead atoms. The first-order chi connectivity index (χ1) is 9.13. The number of aromatic amines is 1. The molecule has 3 aromatic rings. The minimum absolute atomic E-state index is 0.0470. The van der Waals surface area contributed by atoms with E-state index in [1.807, 2.05) is 44.2 Å². The number of fused-ring (bicyclic) bond motifs is 2. The molecule has 0 aliphatic heterocycles. The number of rotatable bonds is 1. The zero-order valence-electron chi connectivity index (χ0n) is 11.2. The molecule has 0 spiro atoms. The Hall–Kier alpha value is -2.29. The molecule has 0 unspecified atom stereocenters. The Morgan fingerprint density at radius 2 is 1.79 bits per heavy atom. The molecule has 3 nitrogen and oxygen atoms in total. The summed E-state index contributed by atoms with van der Waals surface area (Å²) in [6.07, 6.45) is 0. The molecule has 0 fully saturated rings. The molecule has 0 amide bonds. The lowest BCUT2D eigenvalue weighted by Gasteiger charge is -2.12. The molecule has 0 radical (unpaired) electrons. The van der Waals surface area contributed by atoms with E-state index in [0.717, 1.165) is 27.9 Å². The average Bonchev–Trinajstić information content (AvgIpc) is 2.44. The monoisotopic (exact) mass is 253 g/mol. The number of aromatic nitrogens is 1. The smallest absolute Gasteiger partial charge is 0.197 e. The highest BCUT2D eigenvalue weighted by atomic mass is 16.5. The first kappa shape index (κ1) is 11.8. The van der Waals surface area contributed by atoms with Gasteiger partial charge in [0.25, 0.3) is 0 Å². The van der Waals surface area contributed by atoms with Crippen LogP contribution in [0.5, 0.6) is 5.75 Å². The second-order valence-corrected chi connectivity index (χ2v) is 4.75. The normalized spacial score (nSPS) is 11.1. The van der Waals surface area contributed by atoms with Gasteiger partial charge in [0.15, 0.2) is 5.43 Å². The molecular formula is C16H15NO2. The third kappa shape index (κ3) is 1.62. The minimum Gasteiger partial charge on any atom is -0.496 e. The van der Waals surface area contributed by atoms with E-state index in [1.165, 1.54) is 0 Å². The van der Waals surface area contributed by atoms with Crippen molar-refractivity contribution in [2.24, 2.45) is 0 Å². The average molecular weight is 253 g/mol. The van der Waals surface area contributed by atoms with Gasteiger partial charge >= 0.3 is 0 Å². The van der Waals surface area contributed by atoms with E-state index in [0.29, 0.717) is 10.8 Å². The van der Waals surface area contributed by atoms with Gasteiger partial charge in [-0.25, -0.2) is 0 Å². The topological polar surface area (TPSA) is 42.1 Å². The zero-order chi connectivity index (χ0) is 13.6. The molecule has 0 saturated carbocycles. The maximum absolute atomic E-state index is 12.5. The lowest BCUT2D eigenvalue weighted by atomic mass is 10.0. The van der Waals surface area contributed by atoms with Gasteiger partial charge in [-0.15, -0.1) is 0 Å². The second-order valence-electron chi connectivity index (χ2n) is 4.75. The van der Waals surface area contributed by atoms with E-state index in [2.05, 4.69) is 4.98 Å². The van der Waals surface area contributed by atoms with Crippen LogP contribution in [0.3, 0.4) is 0 Å². The molecule has 1 aromatic heterocycles. The van der Waals surface area contributed by atoms with Crippen molar-refractivity contribution in [2.75, 3.05) is 7.11 Å². The highest BCUT2D eigenvalue weighted by Gasteiger charge is 2.12. The highest BCUT2D eigenvalue weighted by Crippen LogP contribution is 2.28. The molecule has 19 heavy (non-hydrogen) atoms. The van der Waals surface area contributed by atoms with E-state index >= 15 is 0 Å². The molecule has 0 aliphatic rings. The molecule has 96 valence electrons. The summed E-state index contributed by atoms with van der Waals surface area (Å²) in [4.78, 5) is 15.9. The van der Waals surface area contributed by atoms with Crippen LogP contribution in [0.25, 0.3) is 21.8 Å². The Balaban J connectivity index is 2.59. The number of aryl methyl sites for hydroxylation is 1. The summed E-state index contributed by atoms with van der Waals surface area (Å²) in [5.41, 5.74) is 3.92. The van der Waals surface area contributed by atoms with Gasteiger partial charge in [-0.2, -0.15) is 0 Å². The summed E-state index contributed by atoms with van der Waals surface area (Å²) in [6, 6.07) is 9.39. The van der Waals surface area contributed by atoms with E-state index in [4.69, 9.17) is 4.74 Å². The SMILES string of the molecule is COc1cc2c(=O)c3ccccc3[nH]c2c(C)c1C. The fourth-order valence-corrected chi connectivity index (χ4v) is 2.51. The van der Waals surface area contributed by atoms with E-state index in [9.17, 15) is 4.79 Å². The van der Waals surface area contributed by atoms with E-state index in [1.54, 1.807) is 7.11 Å². The number of H-pyrrole nitrogens is 1. The van der Waals surface area contributed by atoms with Crippen LogP contribution >= 0.6 is 0 Å². The molecule has 2 aromatic carbocycles. The molecule has 1 heterocycles. The summed E-state index contributed by atoms with van der Waals surface area (Å²) in [6.45, 7) is 4.01. The van der Waals surface area contributed by atoms with Crippen LogP contribution < -0.4 is 10.2 Å². The number of para-hydroxylation sites is 1. The Bertz CT molecular complexity index is 847. The van der Waals surface area contributed by atoms with E-state index in [-0.39, 0.29) is 5.43 Å². The number of hydrogen-bond acceptors (Lipinski definition) is 2. The van der Waals surface area contributed by atoms with Crippen LogP contribution in [0, 0.1) is 13.8 Å². The maximum Gasteiger partial charge on any atom is 0.197 e. The quantitative estimate of drug-likeness (QED) is 0.676. The third-order valence-corrected chi connectivity index (χ3v) is 3.75. The van der Waals surface area contributed by atoms with Gasteiger partial charge in [0.1, 0.15) is 5.75 Å². The van der Waals surface area contributed by atoms with Crippen molar-refractivity contribution in [3.05, 3.63) is 51.7 Å². The Kier molecular flexibility index (Phi) is 2.56. The fraction of sp³-hybridized carbons (Fsp3) is 0.188. The molecule has 0 aliphatic carbocycles. The second kappa shape index (κ2) is 4.12. The summed E-state index contributed by atoms with van der Waals surface area (Å²) in [5, 5.41) is 1.39. The van der Waals surface area contributed by atoms with Crippen LogP contribution in [0.15, 0.2) is 35.1 Å². The minimum atomic E-state index is 0.0470. The van der Waals surface area contributed by atoms with Gasteiger partial charge in [0, 0.05) is 10.9 Å². The van der Waals surface area contributed by atoms with Gasteiger partial charge in [0.2, 0.25) is 0 Å². The van der Waals surface area contributed by atoms with Gasteiger partial charge in [-0.05, 0) is 43.2 Å². The largest absolute Gasteiger partial charge is 0.496 e. The van der Waals surface area contributed by atoms with Crippen LogP contribution in [-0.2, 0) is 0 Å². The van der Waals surface area contributed by atoms with Crippen molar-refractivity contribution < 1.29 is 4.74 Å². The predicted molar refractivity (Wildman–Crippen MR) is 78.1 cm³/mol. The van der Waals surface area contributed by atoms with Crippen molar-refractivity contribution in [1.29, 1.82) is 0 Å². The fourth-order valence-electron chi connectivity index (χ4n) is 2.51. The molecule has 3 rings (SSSR count). The van der Waals surface area contributed by atoms with Crippen LogP contribution in [0.2, 0.25) is 0 Å². The predicted octanol–water partition coefficient (Wildman–Crippen LogP) is 3.31. The van der Waals surface area contributed by atoms with Gasteiger partial charge in [-0.1, -0.05) is 12.1 Å². The Morgan fingerprint density at radius 1 is 1.05 bits per heavy atom. The summed E-state index contributed by atoms with van der Waals surface area (Å²) in [7, 11) is 1.63. The van der Waals surface area contributed by atoms with Crippen molar-refractivity contribution in [2.45, 2.75) is 13.8 Å². The Morgan fingerprint density at radius 3 is 2.53 bits per heavy atom. The molecule has 0 atom stereocenters. The number of hydrogen-bond donors (Lipinski definition) is 1.